The molecule has 3 nitrogen and oxygen atoms in total. The molecule has 1 aromatic heterocycles. The number of aromatic nitrogens is 2. The minimum atomic E-state index is -0.156. The third kappa shape index (κ3) is 3.64. The molecule has 1 aromatic carbocycles. The summed E-state index contributed by atoms with van der Waals surface area (Å²) in [6.45, 7) is 8.62. The van der Waals surface area contributed by atoms with Crippen LogP contribution < -0.4 is 5.73 Å². The van der Waals surface area contributed by atoms with Crippen molar-refractivity contribution in [2.24, 2.45) is 5.73 Å². The van der Waals surface area contributed by atoms with Crippen LogP contribution in [0.5, 0.6) is 0 Å². The molecular formula is C17H23N3. The molecule has 3 heteroatoms. The molecule has 0 amide bonds. The third-order valence-corrected chi connectivity index (χ3v) is 3.41. The first-order valence-corrected chi connectivity index (χ1v) is 7.00. The first kappa shape index (κ1) is 14.7. The molecule has 0 radical (unpaired) electrons. The second-order valence-corrected chi connectivity index (χ2v) is 6.38. The summed E-state index contributed by atoms with van der Waals surface area (Å²) in [5.41, 5.74) is 9.96. The molecule has 20 heavy (non-hydrogen) atoms. The van der Waals surface area contributed by atoms with Crippen molar-refractivity contribution < 1.29 is 0 Å². The van der Waals surface area contributed by atoms with Gasteiger partial charge >= 0.3 is 0 Å². The van der Waals surface area contributed by atoms with Crippen LogP contribution in [-0.4, -0.2) is 9.97 Å². The molecule has 0 aliphatic carbocycles. The summed E-state index contributed by atoms with van der Waals surface area (Å²) in [7, 11) is 0. The Balaban J connectivity index is 2.08. The summed E-state index contributed by atoms with van der Waals surface area (Å²) in [4.78, 5) is 8.59. The fourth-order valence-electron chi connectivity index (χ4n) is 2.08. The monoisotopic (exact) mass is 269 g/mol. The second-order valence-electron chi connectivity index (χ2n) is 6.38. The lowest BCUT2D eigenvalue weighted by molar-refractivity contribution is 0.589. The minimum absolute atomic E-state index is 0.156. The zero-order valence-electron chi connectivity index (χ0n) is 12.7. The molecule has 0 aliphatic rings. The maximum atomic E-state index is 6.18. The molecule has 0 spiro atoms. The number of rotatable bonds is 3. The Morgan fingerprint density at radius 2 is 1.60 bits per heavy atom. The van der Waals surface area contributed by atoms with Gasteiger partial charge in [-0.15, -0.1) is 0 Å². The van der Waals surface area contributed by atoms with E-state index in [4.69, 9.17) is 5.73 Å². The van der Waals surface area contributed by atoms with Crippen molar-refractivity contribution in [1.82, 2.24) is 9.97 Å². The summed E-state index contributed by atoms with van der Waals surface area (Å²) in [5.74, 6) is 0.704. The van der Waals surface area contributed by atoms with Crippen LogP contribution in [0.15, 0.2) is 36.7 Å². The number of nitrogens with zero attached hydrogens (tertiary/aromatic N) is 2. The van der Waals surface area contributed by atoms with Crippen molar-refractivity contribution >= 4 is 0 Å². The van der Waals surface area contributed by atoms with Crippen molar-refractivity contribution in [3.8, 4) is 0 Å². The molecule has 2 N–H and O–H groups in total. The Labute approximate surface area is 121 Å². The largest absolute Gasteiger partial charge is 0.321 e. The summed E-state index contributed by atoms with van der Waals surface area (Å²) in [6.07, 6.45) is 4.38. The first-order valence-electron chi connectivity index (χ1n) is 7.00. The molecule has 2 aromatic rings. The maximum absolute atomic E-state index is 6.18. The maximum Gasteiger partial charge on any atom is 0.145 e. The molecule has 0 saturated carbocycles. The molecule has 0 fully saturated rings. The topological polar surface area (TPSA) is 51.8 Å². The summed E-state index contributed by atoms with van der Waals surface area (Å²) in [6, 6.07) is 8.50. The van der Waals surface area contributed by atoms with Gasteiger partial charge in [0.1, 0.15) is 5.82 Å². The lowest BCUT2D eigenvalue weighted by Gasteiger charge is -2.19. The summed E-state index contributed by atoms with van der Waals surface area (Å²) < 4.78 is 0. The molecule has 2 rings (SSSR count). The molecule has 0 aliphatic heterocycles. The standard InChI is InChI=1S/C17H23N3/c1-12-10-19-16(20-11-12)15(18)9-13-5-7-14(8-6-13)17(2,3)4/h5-8,10-11,15H,9,18H2,1-4H3. The van der Waals surface area contributed by atoms with Gasteiger partial charge in [0.15, 0.2) is 0 Å². The van der Waals surface area contributed by atoms with Gasteiger partial charge in [0.05, 0.1) is 6.04 Å². The highest BCUT2D eigenvalue weighted by molar-refractivity contribution is 5.28. The van der Waals surface area contributed by atoms with E-state index in [1.807, 2.05) is 19.3 Å². The number of benzene rings is 1. The van der Waals surface area contributed by atoms with Crippen LogP contribution in [0.3, 0.4) is 0 Å². The predicted octanol–water partition coefficient (Wildman–Crippen LogP) is 3.33. The van der Waals surface area contributed by atoms with Crippen molar-refractivity contribution in [2.75, 3.05) is 0 Å². The Morgan fingerprint density at radius 3 is 2.10 bits per heavy atom. The highest BCUT2D eigenvalue weighted by Gasteiger charge is 2.14. The van der Waals surface area contributed by atoms with Gasteiger partial charge in [-0.2, -0.15) is 0 Å². The van der Waals surface area contributed by atoms with Gasteiger partial charge in [-0.05, 0) is 35.4 Å². The Kier molecular flexibility index (Phi) is 4.19. The van der Waals surface area contributed by atoms with Crippen LogP contribution in [-0.2, 0) is 11.8 Å². The van der Waals surface area contributed by atoms with Crippen molar-refractivity contribution in [1.29, 1.82) is 0 Å². The van der Waals surface area contributed by atoms with Gasteiger partial charge in [-0.3, -0.25) is 0 Å². The van der Waals surface area contributed by atoms with Gasteiger partial charge in [0.2, 0.25) is 0 Å². The SMILES string of the molecule is Cc1cnc(C(N)Cc2ccc(C(C)(C)C)cc2)nc1. The normalized spacial score (nSPS) is 13.2. The molecule has 106 valence electrons. The van der Waals surface area contributed by atoms with Crippen LogP contribution in [0.2, 0.25) is 0 Å². The summed E-state index contributed by atoms with van der Waals surface area (Å²) in [5, 5.41) is 0. The van der Waals surface area contributed by atoms with Crippen molar-refractivity contribution in [3.05, 3.63) is 59.2 Å². The molecule has 0 saturated heterocycles. The minimum Gasteiger partial charge on any atom is -0.321 e. The van der Waals surface area contributed by atoms with Gasteiger partial charge in [0.25, 0.3) is 0 Å². The Bertz CT molecular complexity index is 550. The fraction of sp³-hybridized carbons (Fsp3) is 0.412. The highest BCUT2D eigenvalue weighted by Crippen LogP contribution is 2.23. The molecule has 0 bridgehead atoms. The van der Waals surface area contributed by atoms with Gasteiger partial charge in [0, 0.05) is 12.4 Å². The van der Waals surface area contributed by atoms with Crippen molar-refractivity contribution in [2.45, 2.75) is 45.6 Å². The number of hydrogen-bond donors (Lipinski definition) is 1. The molecule has 1 unspecified atom stereocenters. The predicted molar refractivity (Wildman–Crippen MR) is 82.5 cm³/mol. The van der Waals surface area contributed by atoms with E-state index in [0.29, 0.717) is 5.82 Å². The zero-order valence-corrected chi connectivity index (χ0v) is 12.7. The Morgan fingerprint density at radius 1 is 1.05 bits per heavy atom. The summed E-state index contributed by atoms with van der Waals surface area (Å²) >= 11 is 0. The lowest BCUT2D eigenvalue weighted by Crippen LogP contribution is -2.17. The fourth-order valence-corrected chi connectivity index (χ4v) is 2.08. The van der Waals surface area contributed by atoms with E-state index in [1.54, 1.807) is 0 Å². The van der Waals surface area contributed by atoms with Crippen LogP contribution in [0, 0.1) is 6.92 Å². The number of nitrogens with two attached hydrogens (primary N) is 1. The van der Waals surface area contributed by atoms with E-state index in [1.165, 1.54) is 11.1 Å². The zero-order chi connectivity index (χ0) is 14.8. The van der Waals surface area contributed by atoms with Crippen LogP contribution in [0.1, 0.15) is 49.3 Å². The van der Waals surface area contributed by atoms with Gasteiger partial charge in [-0.25, -0.2) is 9.97 Å². The van der Waals surface area contributed by atoms with E-state index in [-0.39, 0.29) is 11.5 Å². The van der Waals surface area contributed by atoms with E-state index in [0.717, 1.165) is 12.0 Å². The second kappa shape index (κ2) is 5.71. The lowest BCUT2D eigenvalue weighted by atomic mass is 9.86. The van der Waals surface area contributed by atoms with Gasteiger partial charge in [-0.1, -0.05) is 45.0 Å². The highest BCUT2D eigenvalue weighted by atomic mass is 14.9. The van der Waals surface area contributed by atoms with E-state index in [2.05, 4.69) is 55.0 Å². The average molecular weight is 269 g/mol. The van der Waals surface area contributed by atoms with Crippen LogP contribution in [0.4, 0.5) is 0 Å². The van der Waals surface area contributed by atoms with E-state index >= 15 is 0 Å². The van der Waals surface area contributed by atoms with Gasteiger partial charge < -0.3 is 5.73 Å². The van der Waals surface area contributed by atoms with Crippen LogP contribution in [0.25, 0.3) is 0 Å². The van der Waals surface area contributed by atoms with E-state index in [9.17, 15) is 0 Å². The number of aryl methyl sites for hydroxylation is 1. The van der Waals surface area contributed by atoms with Crippen LogP contribution >= 0.6 is 0 Å². The number of hydrogen-bond acceptors (Lipinski definition) is 3. The first-order chi connectivity index (χ1) is 9.36. The smallest absolute Gasteiger partial charge is 0.145 e. The van der Waals surface area contributed by atoms with Crippen molar-refractivity contribution in [3.63, 3.8) is 0 Å². The average Bonchev–Trinajstić information content (AvgIpc) is 2.39. The quantitative estimate of drug-likeness (QED) is 0.930. The molecular weight excluding hydrogens is 246 g/mol. The molecule has 1 heterocycles. The Hall–Kier alpha value is -1.74. The molecule has 1 atom stereocenters. The van der Waals surface area contributed by atoms with E-state index < -0.39 is 0 Å². The third-order valence-electron chi connectivity index (χ3n) is 3.41.